The Labute approximate surface area is 143 Å². The Morgan fingerprint density at radius 3 is 1.96 bits per heavy atom. The van der Waals surface area contributed by atoms with Crippen LogP contribution in [0, 0.1) is 0 Å². The Morgan fingerprint density at radius 1 is 1.00 bits per heavy atom. The minimum atomic E-state index is -0.892. The molecule has 3 nitrogen and oxygen atoms in total. The van der Waals surface area contributed by atoms with Crippen LogP contribution in [0.5, 0.6) is 0 Å². The fourth-order valence-corrected chi connectivity index (χ4v) is 3.12. The molecule has 0 unspecified atom stereocenters. The molecule has 0 radical (unpaired) electrons. The first-order valence-electron chi connectivity index (χ1n) is 7.65. The monoisotopic (exact) mass is 330 g/mol. The molecule has 1 amide bonds. The first-order valence-corrected chi connectivity index (χ1v) is 7.65. The van der Waals surface area contributed by atoms with Gasteiger partial charge in [-0.3, -0.25) is 4.79 Å². The van der Waals surface area contributed by atoms with Crippen molar-refractivity contribution in [3.63, 3.8) is 0 Å². The van der Waals surface area contributed by atoms with E-state index in [2.05, 4.69) is 41.7 Å². The topological polar surface area (TPSA) is 55.1 Å². The van der Waals surface area contributed by atoms with Crippen molar-refractivity contribution in [3.05, 3.63) is 71.3 Å². The van der Waals surface area contributed by atoms with E-state index in [1.807, 2.05) is 18.2 Å². The van der Waals surface area contributed by atoms with Crippen molar-refractivity contribution in [1.82, 2.24) is 5.32 Å². The number of hydrogen-bond donors (Lipinski definition) is 2. The number of rotatable bonds is 3. The van der Waals surface area contributed by atoms with Gasteiger partial charge in [0.25, 0.3) is 0 Å². The summed E-state index contributed by atoms with van der Waals surface area (Å²) in [4.78, 5) is 12.5. The molecule has 2 aromatic rings. The largest absolute Gasteiger partial charge is 0.344 e. The summed E-state index contributed by atoms with van der Waals surface area (Å²) in [6, 6.07) is 18.6. The molecular formula is C19H23ClN2O. The van der Waals surface area contributed by atoms with Crippen molar-refractivity contribution >= 4 is 18.3 Å². The van der Waals surface area contributed by atoms with Crippen LogP contribution in [0.15, 0.2) is 54.6 Å². The van der Waals surface area contributed by atoms with Gasteiger partial charge in [-0.15, -0.1) is 12.4 Å². The second kappa shape index (κ2) is 6.34. The molecule has 4 heteroatoms. The van der Waals surface area contributed by atoms with Gasteiger partial charge >= 0.3 is 0 Å². The average molecular weight is 331 g/mol. The first-order chi connectivity index (χ1) is 10.4. The molecule has 0 atom stereocenters. The zero-order valence-electron chi connectivity index (χ0n) is 13.5. The molecule has 0 aliphatic heterocycles. The van der Waals surface area contributed by atoms with Crippen LogP contribution in [0.3, 0.4) is 0 Å². The molecule has 3 rings (SSSR count). The van der Waals surface area contributed by atoms with Crippen LogP contribution in [-0.4, -0.2) is 11.4 Å². The summed E-state index contributed by atoms with van der Waals surface area (Å²) in [5, 5.41) is 3.23. The van der Waals surface area contributed by atoms with Crippen LogP contribution >= 0.6 is 12.4 Å². The summed E-state index contributed by atoms with van der Waals surface area (Å²) in [6.45, 7) is 3.48. The highest BCUT2D eigenvalue weighted by Crippen LogP contribution is 2.38. The van der Waals surface area contributed by atoms with Gasteiger partial charge in [0.05, 0.1) is 11.1 Å². The van der Waals surface area contributed by atoms with Crippen LogP contribution in [0.4, 0.5) is 0 Å². The molecule has 3 N–H and O–H groups in total. The standard InChI is InChI=1S/C19H22N2O.ClH/c1-18(2,20)17(22)21-19(16-10-4-3-5-11-16)12-14-8-6-7-9-15(14)13-19;/h3-11H,12-13,20H2,1-2H3,(H,21,22);1H. The van der Waals surface area contributed by atoms with E-state index in [9.17, 15) is 4.79 Å². The summed E-state index contributed by atoms with van der Waals surface area (Å²) in [5.41, 5.74) is 8.41. The van der Waals surface area contributed by atoms with Gasteiger partial charge in [-0.25, -0.2) is 0 Å². The Morgan fingerprint density at radius 2 is 1.48 bits per heavy atom. The normalized spacial score (nSPS) is 15.4. The summed E-state index contributed by atoms with van der Waals surface area (Å²) < 4.78 is 0. The highest BCUT2D eigenvalue weighted by molar-refractivity contribution is 5.86. The highest BCUT2D eigenvalue weighted by Gasteiger charge is 2.41. The summed E-state index contributed by atoms with van der Waals surface area (Å²) in [5.74, 6) is -0.121. The van der Waals surface area contributed by atoms with E-state index < -0.39 is 11.1 Å². The third-order valence-electron chi connectivity index (χ3n) is 4.37. The van der Waals surface area contributed by atoms with Crippen LogP contribution in [0.2, 0.25) is 0 Å². The van der Waals surface area contributed by atoms with Crippen molar-refractivity contribution in [2.45, 2.75) is 37.8 Å². The van der Waals surface area contributed by atoms with Crippen LogP contribution < -0.4 is 11.1 Å². The third-order valence-corrected chi connectivity index (χ3v) is 4.37. The third kappa shape index (κ3) is 3.41. The lowest BCUT2D eigenvalue weighted by Gasteiger charge is -2.34. The van der Waals surface area contributed by atoms with Gasteiger partial charge in [-0.2, -0.15) is 0 Å². The lowest BCUT2D eigenvalue weighted by molar-refractivity contribution is -0.127. The Bertz CT molecular complexity index is 667. The molecule has 0 aromatic heterocycles. The van der Waals surface area contributed by atoms with E-state index in [0.29, 0.717) is 0 Å². The Kier molecular flexibility index (Phi) is 4.83. The zero-order chi connectivity index (χ0) is 15.8. The lowest BCUT2D eigenvalue weighted by Crippen LogP contribution is -2.56. The fourth-order valence-electron chi connectivity index (χ4n) is 3.12. The number of amides is 1. The van der Waals surface area contributed by atoms with Crippen molar-refractivity contribution in [1.29, 1.82) is 0 Å². The molecule has 122 valence electrons. The van der Waals surface area contributed by atoms with Crippen molar-refractivity contribution in [2.75, 3.05) is 0 Å². The molecule has 1 aliphatic carbocycles. The van der Waals surface area contributed by atoms with Gasteiger partial charge in [0.1, 0.15) is 0 Å². The second-order valence-corrected chi connectivity index (χ2v) is 6.75. The molecule has 2 aromatic carbocycles. The van der Waals surface area contributed by atoms with Gasteiger partial charge < -0.3 is 11.1 Å². The number of nitrogens with two attached hydrogens (primary N) is 1. The Hall–Kier alpha value is -1.84. The maximum Gasteiger partial charge on any atom is 0.240 e. The van der Waals surface area contributed by atoms with Gasteiger partial charge in [0, 0.05) is 12.8 Å². The van der Waals surface area contributed by atoms with E-state index in [0.717, 1.165) is 18.4 Å². The number of benzene rings is 2. The van der Waals surface area contributed by atoms with Crippen molar-refractivity contribution < 1.29 is 4.79 Å². The average Bonchev–Trinajstić information content (AvgIpc) is 2.86. The summed E-state index contributed by atoms with van der Waals surface area (Å²) in [7, 11) is 0. The molecule has 0 saturated heterocycles. The van der Waals surface area contributed by atoms with Gasteiger partial charge in [0.2, 0.25) is 5.91 Å². The van der Waals surface area contributed by atoms with E-state index >= 15 is 0 Å². The Balaban J connectivity index is 0.00000192. The highest BCUT2D eigenvalue weighted by atomic mass is 35.5. The first kappa shape index (κ1) is 17.5. The number of carbonyl (C=O) groups excluding carboxylic acids is 1. The predicted molar refractivity (Wildman–Crippen MR) is 95.6 cm³/mol. The predicted octanol–water partition coefficient (Wildman–Crippen LogP) is 2.96. The minimum absolute atomic E-state index is 0. The molecule has 1 aliphatic rings. The van der Waals surface area contributed by atoms with Gasteiger partial charge in [-0.1, -0.05) is 54.6 Å². The van der Waals surface area contributed by atoms with Crippen molar-refractivity contribution in [3.8, 4) is 0 Å². The molecule has 0 fully saturated rings. The minimum Gasteiger partial charge on any atom is -0.344 e. The lowest BCUT2D eigenvalue weighted by atomic mass is 9.85. The van der Waals surface area contributed by atoms with E-state index in [1.54, 1.807) is 13.8 Å². The fraction of sp³-hybridized carbons (Fsp3) is 0.316. The van der Waals surface area contributed by atoms with E-state index in [-0.39, 0.29) is 18.3 Å². The zero-order valence-corrected chi connectivity index (χ0v) is 14.3. The van der Waals surface area contributed by atoms with E-state index in [4.69, 9.17) is 5.73 Å². The quantitative estimate of drug-likeness (QED) is 0.909. The SMILES string of the molecule is CC(C)(N)C(=O)NC1(c2ccccc2)Cc2ccccc2C1.Cl. The number of fused-ring (bicyclic) bond motifs is 1. The molecular weight excluding hydrogens is 308 g/mol. The summed E-state index contributed by atoms with van der Waals surface area (Å²) >= 11 is 0. The van der Waals surface area contributed by atoms with Gasteiger partial charge in [-0.05, 0) is 30.5 Å². The van der Waals surface area contributed by atoms with Crippen LogP contribution in [-0.2, 0) is 23.2 Å². The molecule has 0 spiro atoms. The van der Waals surface area contributed by atoms with Crippen LogP contribution in [0.1, 0.15) is 30.5 Å². The van der Waals surface area contributed by atoms with Crippen molar-refractivity contribution in [2.24, 2.45) is 5.73 Å². The maximum atomic E-state index is 12.5. The number of nitrogens with one attached hydrogen (secondary N) is 1. The molecule has 23 heavy (non-hydrogen) atoms. The number of carbonyl (C=O) groups is 1. The summed E-state index contributed by atoms with van der Waals surface area (Å²) in [6.07, 6.45) is 1.60. The van der Waals surface area contributed by atoms with E-state index in [1.165, 1.54) is 11.1 Å². The molecule has 0 bridgehead atoms. The van der Waals surface area contributed by atoms with Gasteiger partial charge in [0.15, 0.2) is 0 Å². The molecule has 0 heterocycles. The second-order valence-electron chi connectivity index (χ2n) is 6.75. The number of hydrogen-bond acceptors (Lipinski definition) is 2. The molecule has 0 saturated carbocycles. The maximum absolute atomic E-state index is 12.5. The number of halogens is 1. The smallest absolute Gasteiger partial charge is 0.240 e. The van der Waals surface area contributed by atoms with Crippen LogP contribution in [0.25, 0.3) is 0 Å².